The molecular formula is C18H28N2. The van der Waals surface area contributed by atoms with E-state index in [1.54, 1.807) is 0 Å². The van der Waals surface area contributed by atoms with Gasteiger partial charge in [0.25, 0.3) is 0 Å². The van der Waals surface area contributed by atoms with Gasteiger partial charge in [0.1, 0.15) is 0 Å². The Kier molecular flexibility index (Phi) is 4.13. The Morgan fingerprint density at radius 1 is 1.25 bits per heavy atom. The van der Waals surface area contributed by atoms with Gasteiger partial charge in [-0.05, 0) is 30.2 Å². The fourth-order valence-electron chi connectivity index (χ4n) is 3.76. The van der Waals surface area contributed by atoms with Crippen molar-refractivity contribution in [3.8, 4) is 0 Å². The molecule has 2 heteroatoms. The van der Waals surface area contributed by atoms with Crippen LogP contribution in [0, 0.1) is 5.41 Å². The van der Waals surface area contributed by atoms with Crippen molar-refractivity contribution in [2.45, 2.75) is 51.6 Å². The summed E-state index contributed by atoms with van der Waals surface area (Å²) >= 11 is 0. The largest absolute Gasteiger partial charge is 0.311 e. The first-order valence-corrected chi connectivity index (χ1v) is 8.22. The Morgan fingerprint density at radius 3 is 2.60 bits per heavy atom. The van der Waals surface area contributed by atoms with Gasteiger partial charge >= 0.3 is 0 Å². The van der Waals surface area contributed by atoms with E-state index in [1.165, 1.54) is 44.3 Å². The molecule has 1 N–H and O–H groups in total. The van der Waals surface area contributed by atoms with Gasteiger partial charge in [0.15, 0.2) is 0 Å². The molecule has 0 amide bonds. The molecule has 2 atom stereocenters. The van der Waals surface area contributed by atoms with Gasteiger partial charge in [-0.1, -0.05) is 50.6 Å². The highest BCUT2D eigenvalue weighted by Crippen LogP contribution is 2.42. The molecular weight excluding hydrogens is 244 g/mol. The molecule has 3 rings (SSSR count). The van der Waals surface area contributed by atoms with Crippen LogP contribution in [0.5, 0.6) is 0 Å². The van der Waals surface area contributed by atoms with E-state index < -0.39 is 0 Å². The van der Waals surface area contributed by atoms with Crippen LogP contribution in [0.2, 0.25) is 0 Å². The van der Waals surface area contributed by atoms with E-state index in [0.29, 0.717) is 17.5 Å². The van der Waals surface area contributed by atoms with Crippen molar-refractivity contribution < 1.29 is 0 Å². The molecule has 1 aromatic carbocycles. The average molecular weight is 272 g/mol. The monoisotopic (exact) mass is 272 g/mol. The van der Waals surface area contributed by atoms with Gasteiger partial charge in [0.05, 0.1) is 0 Å². The number of nitrogens with zero attached hydrogens (tertiary/aromatic N) is 1. The third-order valence-corrected chi connectivity index (χ3v) is 5.32. The minimum atomic E-state index is 0.552. The fourth-order valence-corrected chi connectivity index (χ4v) is 3.76. The first-order chi connectivity index (χ1) is 9.70. The second-order valence-electron chi connectivity index (χ2n) is 7.03. The molecule has 0 radical (unpaired) electrons. The minimum Gasteiger partial charge on any atom is -0.311 e. The van der Waals surface area contributed by atoms with Gasteiger partial charge in [0, 0.05) is 31.7 Å². The summed E-state index contributed by atoms with van der Waals surface area (Å²) in [6.07, 6.45) is 5.48. The van der Waals surface area contributed by atoms with Crippen LogP contribution in [0.4, 0.5) is 0 Å². The van der Waals surface area contributed by atoms with Crippen molar-refractivity contribution in [2.75, 3.05) is 19.6 Å². The number of nitrogens with one attached hydrogen (secondary N) is 1. The second kappa shape index (κ2) is 5.87. The molecule has 0 aromatic heterocycles. The molecule has 110 valence electrons. The quantitative estimate of drug-likeness (QED) is 0.901. The summed E-state index contributed by atoms with van der Waals surface area (Å²) in [5.74, 6) is 0. The van der Waals surface area contributed by atoms with Gasteiger partial charge in [-0.2, -0.15) is 0 Å². The van der Waals surface area contributed by atoms with Crippen molar-refractivity contribution in [3.63, 3.8) is 0 Å². The van der Waals surface area contributed by atoms with Gasteiger partial charge in [-0.25, -0.2) is 0 Å². The van der Waals surface area contributed by atoms with Crippen LogP contribution in [0.25, 0.3) is 0 Å². The van der Waals surface area contributed by atoms with Crippen molar-refractivity contribution >= 4 is 0 Å². The van der Waals surface area contributed by atoms with E-state index in [1.807, 2.05) is 0 Å². The van der Waals surface area contributed by atoms with E-state index in [2.05, 4.69) is 54.4 Å². The summed E-state index contributed by atoms with van der Waals surface area (Å²) in [5.41, 5.74) is 2.04. The van der Waals surface area contributed by atoms with Gasteiger partial charge in [0.2, 0.25) is 0 Å². The second-order valence-corrected chi connectivity index (χ2v) is 7.03. The molecule has 1 aliphatic heterocycles. The van der Waals surface area contributed by atoms with Gasteiger partial charge < -0.3 is 5.32 Å². The maximum atomic E-state index is 3.73. The Balaban J connectivity index is 1.76. The van der Waals surface area contributed by atoms with Crippen molar-refractivity contribution in [3.05, 3.63) is 35.9 Å². The van der Waals surface area contributed by atoms with Crippen LogP contribution in [0.3, 0.4) is 0 Å². The van der Waals surface area contributed by atoms with Crippen LogP contribution in [-0.4, -0.2) is 30.6 Å². The summed E-state index contributed by atoms with van der Waals surface area (Å²) in [5, 5.41) is 3.73. The summed E-state index contributed by atoms with van der Waals surface area (Å²) in [7, 11) is 0. The molecule has 2 unspecified atom stereocenters. The zero-order valence-electron chi connectivity index (χ0n) is 12.9. The van der Waals surface area contributed by atoms with E-state index in [0.717, 1.165) is 6.54 Å². The number of piperazine rings is 1. The lowest BCUT2D eigenvalue weighted by Crippen LogP contribution is -2.55. The van der Waals surface area contributed by atoms with Crippen molar-refractivity contribution in [1.29, 1.82) is 0 Å². The molecule has 2 nitrogen and oxygen atoms in total. The predicted octanol–water partition coefficient (Wildman–Crippen LogP) is 3.60. The predicted molar refractivity (Wildman–Crippen MR) is 84.8 cm³/mol. The van der Waals surface area contributed by atoms with Crippen LogP contribution in [0.15, 0.2) is 30.3 Å². The Morgan fingerprint density at radius 2 is 2.00 bits per heavy atom. The van der Waals surface area contributed by atoms with Crippen molar-refractivity contribution in [2.24, 2.45) is 5.41 Å². The molecule has 0 spiro atoms. The van der Waals surface area contributed by atoms with E-state index >= 15 is 0 Å². The summed E-state index contributed by atoms with van der Waals surface area (Å²) in [6.45, 7) is 8.33. The van der Waals surface area contributed by atoms with Crippen LogP contribution >= 0.6 is 0 Å². The first-order valence-electron chi connectivity index (χ1n) is 8.22. The summed E-state index contributed by atoms with van der Waals surface area (Å²) < 4.78 is 0. The highest BCUT2D eigenvalue weighted by atomic mass is 15.2. The van der Waals surface area contributed by atoms with Crippen LogP contribution in [-0.2, 0) is 0 Å². The lowest BCUT2D eigenvalue weighted by atomic mass is 9.70. The Bertz CT molecular complexity index is 424. The summed E-state index contributed by atoms with van der Waals surface area (Å²) in [4.78, 5) is 2.75. The Labute approximate surface area is 123 Å². The minimum absolute atomic E-state index is 0.552. The molecule has 0 bridgehead atoms. The fraction of sp³-hybridized carbons (Fsp3) is 0.667. The number of benzene rings is 1. The maximum Gasteiger partial charge on any atom is 0.0473 e. The highest BCUT2D eigenvalue weighted by Gasteiger charge is 2.37. The molecule has 1 aliphatic carbocycles. The molecule has 1 saturated carbocycles. The highest BCUT2D eigenvalue weighted by molar-refractivity contribution is 5.20. The standard InChI is InChI=1S/C18H28N2/c1-3-16-13-20(14-18(2)10-7-11-18)17(12-19-16)15-8-5-4-6-9-15/h4-6,8-9,16-17,19H,3,7,10-14H2,1-2H3. The van der Waals surface area contributed by atoms with E-state index in [-0.39, 0.29) is 0 Å². The third-order valence-electron chi connectivity index (χ3n) is 5.32. The maximum absolute atomic E-state index is 3.73. The van der Waals surface area contributed by atoms with Crippen molar-refractivity contribution in [1.82, 2.24) is 10.2 Å². The number of rotatable bonds is 4. The molecule has 1 aromatic rings. The zero-order chi connectivity index (χ0) is 14.0. The molecule has 20 heavy (non-hydrogen) atoms. The number of hydrogen-bond acceptors (Lipinski definition) is 2. The van der Waals surface area contributed by atoms with E-state index in [9.17, 15) is 0 Å². The average Bonchev–Trinajstić information content (AvgIpc) is 2.46. The molecule has 1 saturated heterocycles. The number of hydrogen-bond donors (Lipinski definition) is 1. The topological polar surface area (TPSA) is 15.3 Å². The molecule has 1 heterocycles. The molecule has 2 aliphatic rings. The lowest BCUT2D eigenvalue weighted by molar-refractivity contribution is 0.0348. The zero-order valence-corrected chi connectivity index (χ0v) is 12.9. The smallest absolute Gasteiger partial charge is 0.0473 e. The summed E-state index contributed by atoms with van der Waals surface area (Å²) in [6, 6.07) is 12.2. The SMILES string of the molecule is CCC1CN(CC2(C)CCC2)C(c2ccccc2)CN1. The van der Waals surface area contributed by atoms with E-state index in [4.69, 9.17) is 0 Å². The first kappa shape index (κ1) is 14.1. The van der Waals surface area contributed by atoms with Gasteiger partial charge in [-0.3, -0.25) is 4.90 Å². The third kappa shape index (κ3) is 2.91. The Hall–Kier alpha value is -0.860. The van der Waals surface area contributed by atoms with Crippen LogP contribution in [0.1, 0.15) is 51.1 Å². The van der Waals surface area contributed by atoms with Crippen LogP contribution < -0.4 is 5.32 Å². The lowest BCUT2D eigenvalue weighted by Gasteiger charge is -2.48. The van der Waals surface area contributed by atoms with Gasteiger partial charge in [-0.15, -0.1) is 0 Å². The molecule has 2 fully saturated rings. The normalized spacial score (nSPS) is 29.9.